The summed E-state index contributed by atoms with van der Waals surface area (Å²) in [4.78, 5) is 14.4. The third-order valence-corrected chi connectivity index (χ3v) is 3.83. The summed E-state index contributed by atoms with van der Waals surface area (Å²) >= 11 is 0. The molecular formula is C16H24N2O. The molecule has 2 amide bonds. The van der Waals surface area contributed by atoms with E-state index in [0.717, 1.165) is 44.3 Å². The zero-order valence-corrected chi connectivity index (χ0v) is 12.0. The van der Waals surface area contributed by atoms with Crippen LogP contribution in [0.15, 0.2) is 24.3 Å². The van der Waals surface area contributed by atoms with Gasteiger partial charge in [0.1, 0.15) is 0 Å². The van der Waals surface area contributed by atoms with Gasteiger partial charge in [0.15, 0.2) is 0 Å². The molecule has 104 valence electrons. The molecule has 1 N–H and O–H groups in total. The maximum Gasteiger partial charge on any atom is 0.322 e. The number of hydrogen-bond acceptors (Lipinski definition) is 1. The van der Waals surface area contributed by atoms with E-state index >= 15 is 0 Å². The number of hydrogen-bond donors (Lipinski definition) is 1. The Morgan fingerprint density at radius 2 is 1.89 bits per heavy atom. The summed E-state index contributed by atoms with van der Waals surface area (Å²) in [5.41, 5.74) is 2.21. The van der Waals surface area contributed by atoms with Crippen LogP contribution >= 0.6 is 0 Å². The molecule has 3 heteroatoms. The molecule has 3 nitrogen and oxygen atoms in total. The van der Waals surface area contributed by atoms with Crippen LogP contribution in [0.1, 0.15) is 45.1 Å². The van der Waals surface area contributed by atoms with Crippen LogP contribution in [-0.2, 0) is 6.42 Å². The van der Waals surface area contributed by atoms with E-state index in [2.05, 4.69) is 25.2 Å². The first-order valence-corrected chi connectivity index (χ1v) is 7.41. The monoisotopic (exact) mass is 260 g/mol. The molecule has 0 aliphatic carbocycles. The number of anilines is 1. The van der Waals surface area contributed by atoms with Gasteiger partial charge in [0.25, 0.3) is 0 Å². The molecule has 0 spiro atoms. The van der Waals surface area contributed by atoms with Crippen molar-refractivity contribution in [1.82, 2.24) is 4.90 Å². The molecule has 0 atom stereocenters. The minimum Gasteiger partial charge on any atom is -0.321 e. The summed E-state index contributed by atoms with van der Waals surface area (Å²) in [5, 5.41) is 3.06. The summed E-state index contributed by atoms with van der Waals surface area (Å²) in [7, 11) is 0. The number of para-hydroxylation sites is 1. The Morgan fingerprint density at radius 3 is 2.58 bits per heavy atom. The van der Waals surface area contributed by atoms with Crippen LogP contribution in [0.4, 0.5) is 10.5 Å². The molecular weight excluding hydrogens is 236 g/mol. The normalized spacial score (nSPS) is 15.1. The van der Waals surface area contributed by atoms with Gasteiger partial charge in [0, 0.05) is 18.3 Å². The number of carbonyl (C=O) groups excluding carboxylic acids is 1. The van der Waals surface area contributed by atoms with E-state index in [1.54, 1.807) is 0 Å². The first-order chi connectivity index (χ1) is 9.26. The van der Waals surface area contributed by atoms with Gasteiger partial charge in [-0.2, -0.15) is 0 Å². The van der Waals surface area contributed by atoms with Crippen LogP contribution < -0.4 is 5.32 Å². The average Bonchev–Trinajstić information content (AvgIpc) is 2.57. The van der Waals surface area contributed by atoms with Crippen molar-refractivity contribution in [3.8, 4) is 0 Å². The SMILES string of the molecule is CCCC(CCC)N1CCc2ccccc2NC1=O. The Balaban J connectivity index is 2.14. The molecule has 19 heavy (non-hydrogen) atoms. The topological polar surface area (TPSA) is 32.3 Å². The molecule has 0 saturated heterocycles. The summed E-state index contributed by atoms with van der Waals surface area (Å²) in [6, 6.07) is 8.56. The summed E-state index contributed by atoms with van der Waals surface area (Å²) < 4.78 is 0. The largest absolute Gasteiger partial charge is 0.322 e. The van der Waals surface area contributed by atoms with Gasteiger partial charge in [-0.3, -0.25) is 0 Å². The van der Waals surface area contributed by atoms with Crippen molar-refractivity contribution < 1.29 is 4.79 Å². The van der Waals surface area contributed by atoms with Gasteiger partial charge in [-0.25, -0.2) is 4.79 Å². The highest BCUT2D eigenvalue weighted by atomic mass is 16.2. The van der Waals surface area contributed by atoms with Gasteiger partial charge in [-0.15, -0.1) is 0 Å². The highest BCUT2D eigenvalue weighted by Gasteiger charge is 2.25. The number of nitrogens with one attached hydrogen (secondary N) is 1. The number of nitrogens with zero attached hydrogens (tertiary/aromatic N) is 1. The van der Waals surface area contributed by atoms with E-state index < -0.39 is 0 Å². The fourth-order valence-electron chi connectivity index (χ4n) is 2.86. The smallest absolute Gasteiger partial charge is 0.321 e. The third kappa shape index (κ3) is 3.28. The standard InChI is InChI=1S/C16H24N2O/c1-3-7-14(8-4-2)18-12-11-13-9-5-6-10-15(13)17-16(18)19/h5-6,9-10,14H,3-4,7-8,11-12H2,1-2H3,(H,17,19). The van der Waals surface area contributed by atoms with Crippen LogP contribution in [0.25, 0.3) is 0 Å². The molecule has 1 aliphatic heterocycles. The van der Waals surface area contributed by atoms with Crippen LogP contribution in [0.3, 0.4) is 0 Å². The first-order valence-electron chi connectivity index (χ1n) is 7.41. The minimum absolute atomic E-state index is 0.0665. The van der Waals surface area contributed by atoms with Gasteiger partial charge < -0.3 is 10.2 Å². The van der Waals surface area contributed by atoms with Gasteiger partial charge in [0.2, 0.25) is 0 Å². The second kappa shape index (κ2) is 6.60. The van der Waals surface area contributed by atoms with Gasteiger partial charge >= 0.3 is 6.03 Å². The van der Waals surface area contributed by atoms with E-state index in [9.17, 15) is 4.79 Å². The highest BCUT2D eigenvalue weighted by Crippen LogP contribution is 2.23. The number of rotatable bonds is 5. The maximum atomic E-state index is 12.4. The molecule has 0 bridgehead atoms. The molecule has 1 aromatic carbocycles. The lowest BCUT2D eigenvalue weighted by Crippen LogP contribution is -2.42. The van der Waals surface area contributed by atoms with E-state index in [4.69, 9.17) is 0 Å². The molecule has 1 aliphatic rings. The molecule has 0 fully saturated rings. The van der Waals surface area contributed by atoms with E-state index in [-0.39, 0.29) is 6.03 Å². The molecule has 0 saturated carbocycles. The van der Waals surface area contributed by atoms with Crippen molar-refractivity contribution in [1.29, 1.82) is 0 Å². The average molecular weight is 260 g/mol. The first kappa shape index (κ1) is 13.9. The predicted molar refractivity (Wildman–Crippen MR) is 79.5 cm³/mol. The van der Waals surface area contributed by atoms with Gasteiger partial charge in [0.05, 0.1) is 0 Å². The van der Waals surface area contributed by atoms with E-state index in [0.29, 0.717) is 6.04 Å². The van der Waals surface area contributed by atoms with Crippen molar-refractivity contribution in [3.63, 3.8) is 0 Å². The van der Waals surface area contributed by atoms with E-state index in [1.807, 2.05) is 23.1 Å². The minimum atomic E-state index is 0.0665. The third-order valence-electron chi connectivity index (χ3n) is 3.83. The van der Waals surface area contributed by atoms with Crippen LogP contribution in [0.2, 0.25) is 0 Å². The Bertz CT molecular complexity index is 425. The van der Waals surface area contributed by atoms with E-state index in [1.165, 1.54) is 5.56 Å². The second-order valence-corrected chi connectivity index (χ2v) is 5.26. The van der Waals surface area contributed by atoms with Gasteiger partial charge in [-0.05, 0) is 30.9 Å². The lowest BCUT2D eigenvalue weighted by atomic mass is 10.0. The quantitative estimate of drug-likeness (QED) is 0.851. The summed E-state index contributed by atoms with van der Waals surface area (Å²) in [6.45, 7) is 5.20. The Hall–Kier alpha value is -1.51. The van der Waals surface area contributed by atoms with Crippen molar-refractivity contribution in [2.24, 2.45) is 0 Å². The number of urea groups is 1. The fourth-order valence-corrected chi connectivity index (χ4v) is 2.86. The lowest BCUT2D eigenvalue weighted by molar-refractivity contribution is 0.180. The molecule has 1 aromatic rings. The number of amides is 2. The van der Waals surface area contributed by atoms with Crippen molar-refractivity contribution in [2.75, 3.05) is 11.9 Å². The number of benzene rings is 1. The molecule has 1 heterocycles. The molecule has 0 unspecified atom stereocenters. The molecule has 0 radical (unpaired) electrons. The van der Waals surface area contributed by atoms with Crippen LogP contribution in [-0.4, -0.2) is 23.5 Å². The Kier molecular flexibility index (Phi) is 4.83. The predicted octanol–water partition coefficient (Wildman–Crippen LogP) is 4.05. The van der Waals surface area contributed by atoms with Crippen molar-refractivity contribution in [3.05, 3.63) is 29.8 Å². The zero-order chi connectivity index (χ0) is 13.7. The number of carbonyl (C=O) groups is 1. The fraction of sp³-hybridized carbons (Fsp3) is 0.562. The Morgan fingerprint density at radius 1 is 1.21 bits per heavy atom. The molecule has 0 aromatic heterocycles. The van der Waals surface area contributed by atoms with Gasteiger partial charge in [-0.1, -0.05) is 44.9 Å². The van der Waals surface area contributed by atoms with Crippen molar-refractivity contribution >= 4 is 11.7 Å². The number of fused-ring (bicyclic) bond motifs is 1. The lowest BCUT2D eigenvalue weighted by Gasteiger charge is -2.30. The van der Waals surface area contributed by atoms with Crippen molar-refractivity contribution in [2.45, 2.75) is 52.0 Å². The van der Waals surface area contributed by atoms with Crippen LogP contribution in [0.5, 0.6) is 0 Å². The summed E-state index contributed by atoms with van der Waals surface area (Å²) in [5.74, 6) is 0. The summed E-state index contributed by atoms with van der Waals surface area (Å²) in [6.07, 6.45) is 5.39. The second-order valence-electron chi connectivity index (χ2n) is 5.26. The van der Waals surface area contributed by atoms with Crippen LogP contribution in [0, 0.1) is 0 Å². The molecule has 2 rings (SSSR count). The Labute approximate surface area is 116 Å². The zero-order valence-electron chi connectivity index (χ0n) is 12.0. The highest BCUT2D eigenvalue weighted by molar-refractivity contribution is 5.91. The maximum absolute atomic E-state index is 12.4.